The summed E-state index contributed by atoms with van der Waals surface area (Å²) in [6.45, 7) is 3.15. The molecule has 0 spiro atoms. The number of fused-ring (bicyclic) bond motifs is 1. The first kappa shape index (κ1) is 23.0. The van der Waals surface area contributed by atoms with Crippen molar-refractivity contribution in [3.8, 4) is 11.6 Å². The highest BCUT2D eigenvalue weighted by molar-refractivity contribution is 6.06. The summed E-state index contributed by atoms with van der Waals surface area (Å²) >= 11 is 0. The average Bonchev–Trinajstić information content (AvgIpc) is 3.41. The fraction of sp³-hybridized carbons (Fsp3) is 0.103. The Bertz CT molecular complexity index is 1560. The van der Waals surface area contributed by atoms with E-state index in [-0.39, 0.29) is 5.91 Å². The molecule has 1 amide bonds. The van der Waals surface area contributed by atoms with Gasteiger partial charge in [-0.25, -0.2) is 9.97 Å². The molecule has 5 rings (SSSR count). The van der Waals surface area contributed by atoms with Crippen molar-refractivity contribution in [3.05, 3.63) is 114 Å². The Labute approximate surface area is 208 Å². The molecule has 0 atom stereocenters. The summed E-state index contributed by atoms with van der Waals surface area (Å²) in [5.74, 6) is 0.861. The van der Waals surface area contributed by atoms with Crippen LogP contribution in [0.1, 0.15) is 34.4 Å². The van der Waals surface area contributed by atoms with E-state index in [4.69, 9.17) is 4.74 Å². The quantitative estimate of drug-likeness (QED) is 0.327. The fourth-order valence-electron chi connectivity index (χ4n) is 4.02. The zero-order valence-corrected chi connectivity index (χ0v) is 19.9. The Balaban J connectivity index is 1.33. The highest BCUT2D eigenvalue weighted by Crippen LogP contribution is 2.26. The normalized spacial score (nSPS) is 10.8. The number of aromatic nitrogens is 3. The first-order valence-corrected chi connectivity index (χ1v) is 11.5. The Morgan fingerprint density at radius 3 is 2.33 bits per heavy atom. The van der Waals surface area contributed by atoms with Gasteiger partial charge in [0.25, 0.3) is 5.91 Å². The maximum Gasteiger partial charge on any atom is 0.308 e. The smallest absolute Gasteiger partial charge is 0.308 e. The second-order valence-corrected chi connectivity index (χ2v) is 8.45. The molecule has 3 aromatic carbocycles. The van der Waals surface area contributed by atoms with E-state index < -0.39 is 5.97 Å². The number of nitrogens with one attached hydrogen (secondary N) is 1. The number of ether oxygens (including phenoxy) is 1. The lowest BCUT2D eigenvalue weighted by Gasteiger charge is -2.13. The van der Waals surface area contributed by atoms with Gasteiger partial charge in [-0.1, -0.05) is 42.5 Å². The minimum absolute atomic E-state index is 0.162. The van der Waals surface area contributed by atoms with Gasteiger partial charge >= 0.3 is 5.97 Å². The molecule has 0 fully saturated rings. The summed E-state index contributed by atoms with van der Waals surface area (Å²) < 4.78 is 7.19. The molecule has 178 valence electrons. The van der Waals surface area contributed by atoms with E-state index in [2.05, 4.69) is 15.3 Å². The number of amides is 1. The summed E-state index contributed by atoms with van der Waals surface area (Å²) in [6, 6.07) is 25.0. The van der Waals surface area contributed by atoms with E-state index >= 15 is 0 Å². The van der Waals surface area contributed by atoms with E-state index in [0.717, 1.165) is 16.3 Å². The number of aryl methyl sites for hydroxylation is 1. The largest absolute Gasteiger partial charge is 0.421 e. The molecule has 2 aromatic heterocycles. The van der Waals surface area contributed by atoms with Gasteiger partial charge in [0.05, 0.1) is 5.69 Å². The van der Waals surface area contributed by atoms with E-state index in [1.54, 1.807) is 11.5 Å². The maximum absolute atomic E-state index is 12.8. The number of carbonyl (C=O) groups is 2. The van der Waals surface area contributed by atoms with E-state index in [1.165, 1.54) is 6.92 Å². The number of esters is 1. The molecule has 0 aliphatic rings. The SMILES string of the molecule is CC(=O)Oc1c(C)nc(Cc2ccc(NC(=O)c3ccc4ccccc4c3)cc2)nc1-n1cccc1. The molecule has 0 aliphatic carbocycles. The van der Waals surface area contributed by atoms with Gasteiger partial charge in [0.1, 0.15) is 5.82 Å². The Kier molecular flexibility index (Phi) is 6.28. The van der Waals surface area contributed by atoms with Gasteiger partial charge in [-0.15, -0.1) is 0 Å². The van der Waals surface area contributed by atoms with Crippen LogP contribution in [0.3, 0.4) is 0 Å². The van der Waals surface area contributed by atoms with Gasteiger partial charge in [0, 0.05) is 37.0 Å². The summed E-state index contributed by atoms with van der Waals surface area (Å²) in [6.07, 6.45) is 4.16. The first-order chi connectivity index (χ1) is 17.5. The van der Waals surface area contributed by atoms with Crippen molar-refractivity contribution in [1.82, 2.24) is 14.5 Å². The lowest BCUT2D eigenvalue weighted by Crippen LogP contribution is -2.12. The predicted molar refractivity (Wildman–Crippen MR) is 139 cm³/mol. The molecule has 0 aliphatic heterocycles. The summed E-state index contributed by atoms with van der Waals surface area (Å²) in [5, 5.41) is 5.07. The van der Waals surface area contributed by atoms with Crippen LogP contribution in [0.25, 0.3) is 16.6 Å². The number of anilines is 1. The molecule has 5 aromatic rings. The fourth-order valence-corrected chi connectivity index (χ4v) is 4.02. The third kappa shape index (κ3) is 5.00. The number of carbonyl (C=O) groups excluding carboxylic acids is 2. The molecular formula is C29H24N4O3. The molecule has 0 saturated carbocycles. The van der Waals surface area contributed by atoms with Crippen molar-refractivity contribution in [3.63, 3.8) is 0 Å². The minimum Gasteiger partial charge on any atom is -0.421 e. The zero-order chi connectivity index (χ0) is 25.1. The van der Waals surface area contributed by atoms with E-state index in [1.807, 2.05) is 91.3 Å². The van der Waals surface area contributed by atoms with Crippen LogP contribution >= 0.6 is 0 Å². The standard InChI is InChI=1S/C29H24N4O3/c1-19-27(36-20(2)34)28(33-15-5-6-16-33)32-26(30-19)17-21-9-13-25(14-10-21)31-29(35)24-12-11-22-7-3-4-8-23(22)18-24/h3-16,18H,17H2,1-2H3,(H,31,35). The van der Waals surface area contributed by atoms with Crippen LogP contribution in [-0.4, -0.2) is 26.4 Å². The van der Waals surface area contributed by atoms with E-state index in [0.29, 0.717) is 40.8 Å². The van der Waals surface area contributed by atoms with Gasteiger partial charge in [0.2, 0.25) is 0 Å². The molecule has 7 heteroatoms. The zero-order valence-electron chi connectivity index (χ0n) is 19.9. The Hall–Kier alpha value is -4.78. The van der Waals surface area contributed by atoms with Crippen LogP contribution in [0, 0.1) is 6.92 Å². The van der Waals surface area contributed by atoms with Crippen LogP contribution in [0.15, 0.2) is 91.3 Å². The summed E-state index contributed by atoms with van der Waals surface area (Å²) in [7, 11) is 0. The van der Waals surface area contributed by atoms with Crippen molar-refractivity contribution >= 4 is 28.3 Å². The van der Waals surface area contributed by atoms with Crippen molar-refractivity contribution in [2.24, 2.45) is 0 Å². The Morgan fingerprint density at radius 2 is 1.61 bits per heavy atom. The van der Waals surface area contributed by atoms with Crippen molar-refractivity contribution in [2.45, 2.75) is 20.3 Å². The number of hydrogen-bond acceptors (Lipinski definition) is 5. The van der Waals surface area contributed by atoms with Crippen LogP contribution in [0.5, 0.6) is 5.75 Å². The van der Waals surface area contributed by atoms with Crippen LogP contribution < -0.4 is 10.1 Å². The lowest BCUT2D eigenvalue weighted by molar-refractivity contribution is -0.132. The molecule has 7 nitrogen and oxygen atoms in total. The molecule has 0 unspecified atom stereocenters. The van der Waals surface area contributed by atoms with Crippen molar-refractivity contribution < 1.29 is 14.3 Å². The number of rotatable bonds is 6. The monoisotopic (exact) mass is 476 g/mol. The second kappa shape index (κ2) is 9.84. The minimum atomic E-state index is -0.427. The van der Waals surface area contributed by atoms with Gasteiger partial charge < -0.3 is 14.6 Å². The molecule has 0 radical (unpaired) electrons. The third-order valence-electron chi connectivity index (χ3n) is 5.74. The van der Waals surface area contributed by atoms with E-state index in [9.17, 15) is 9.59 Å². The third-order valence-corrected chi connectivity index (χ3v) is 5.74. The molecule has 36 heavy (non-hydrogen) atoms. The number of benzene rings is 3. The average molecular weight is 477 g/mol. The van der Waals surface area contributed by atoms with Crippen LogP contribution in [0.4, 0.5) is 5.69 Å². The van der Waals surface area contributed by atoms with Gasteiger partial charge in [0.15, 0.2) is 11.6 Å². The molecule has 0 bridgehead atoms. The van der Waals surface area contributed by atoms with Crippen molar-refractivity contribution in [2.75, 3.05) is 5.32 Å². The molecule has 0 saturated heterocycles. The highest BCUT2D eigenvalue weighted by atomic mass is 16.5. The van der Waals surface area contributed by atoms with Crippen molar-refractivity contribution in [1.29, 1.82) is 0 Å². The number of hydrogen-bond donors (Lipinski definition) is 1. The first-order valence-electron chi connectivity index (χ1n) is 11.5. The number of nitrogens with zero attached hydrogens (tertiary/aromatic N) is 3. The Morgan fingerprint density at radius 1 is 0.889 bits per heavy atom. The van der Waals surface area contributed by atoms with Gasteiger partial charge in [-0.05, 0) is 59.7 Å². The van der Waals surface area contributed by atoms with Gasteiger partial charge in [-0.2, -0.15) is 0 Å². The summed E-state index contributed by atoms with van der Waals surface area (Å²) in [4.78, 5) is 33.6. The van der Waals surface area contributed by atoms with Crippen LogP contribution in [0.2, 0.25) is 0 Å². The molecule has 2 heterocycles. The topological polar surface area (TPSA) is 86.1 Å². The summed E-state index contributed by atoms with van der Waals surface area (Å²) in [5.41, 5.74) is 2.87. The molecule has 1 N–H and O–H groups in total. The highest BCUT2D eigenvalue weighted by Gasteiger charge is 2.17. The van der Waals surface area contributed by atoms with Gasteiger partial charge in [-0.3, -0.25) is 9.59 Å². The molecular weight excluding hydrogens is 452 g/mol. The van der Waals surface area contributed by atoms with Crippen LogP contribution in [-0.2, 0) is 11.2 Å². The lowest BCUT2D eigenvalue weighted by atomic mass is 10.1. The predicted octanol–water partition coefficient (Wildman–Crippen LogP) is 5.50. The maximum atomic E-state index is 12.8. The second-order valence-electron chi connectivity index (χ2n) is 8.45.